The van der Waals surface area contributed by atoms with Crippen LogP contribution < -0.4 is 0 Å². The number of carbonyl (C=O) groups excluding carboxylic acids is 1. The topological polar surface area (TPSA) is 42.0 Å². The minimum absolute atomic E-state index is 0.000781. The summed E-state index contributed by atoms with van der Waals surface area (Å²) in [6.07, 6.45) is 0.613. The van der Waals surface area contributed by atoms with Crippen LogP contribution in [0.1, 0.15) is 17.5 Å². The zero-order chi connectivity index (χ0) is 17.3. The molecule has 1 aromatic carbocycles. The lowest BCUT2D eigenvalue weighted by Gasteiger charge is -2.32. The molecule has 25 heavy (non-hydrogen) atoms. The number of nitrogens with zero attached hydrogens (tertiary/aromatic N) is 2. The molecule has 136 valence electrons. The van der Waals surface area contributed by atoms with Crippen LogP contribution in [0.25, 0.3) is 0 Å². The number of hydrogen-bond donors (Lipinski definition) is 0. The Bertz CT molecular complexity index is 629. The van der Waals surface area contributed by atoms with Crippen LogP contribution in [0, 0.1) is 18.3 Å². The fraction of sp³-hybridized carbons (Fsp3) is 0.650. The smallest absolute Gasteiger partial charge is 0.223 e. The normalized spacial score (nSPS) is 29.8. The standard InChI is InChI=1S/C20H28N2O3/c1-16-3-2-4-17(9-16)11-21-12-18-13-25-15-20(18,14-21)10-19(23)22-5-7-24-8-6-22/h2-4,9,18H,5-8,10-15H2,1H3/t18-,20+/m1/s1. The molecule has 0 aromatic heterocycles. The van der Waals surface area contributed by atoms with Crippen LogP contribution in [0.4, 0.5) is 0 Å². The van der Waals surface area contributed by atoms with E-state index in [1.807, 2.05) is 4.90 Å². The molecule has 0 N–H and O–H groups in total. The van der Waals surface area contributed by atoms with Crippen LogP contribution in [-0.2, 0) is 20.8 Å². The van der Waals surface area contributed by atoms with Gasteiger partial charge in [0.05, 0.1) is 26.4 Å². The number of morpholine rings is 1. The first-order valence-electron chi connectivity index (χ1n) is 9.36. The highest BCUT2D eigenvalue weighted by Crippen LogP contribution is 2.44. The number of likely N-dealkylation sites (tertiary alicyclic amines) is 1. The van der Waals surface area contributed by atoms with Gasteiger partial charge in [-0.25, -0.2) is 0 Å². The van der Waals surface area contributed by atoms with E-state index in [1.165, 1.54) is 11.1 Å². The number of aryl methyl sites for hydroxylation is 1. The summed E-state index contributed by atoms with van der Waals surface area (Å²) in [6, 6.07) is 8.72. The van der Waals surface area contributed by atoms with Crippen molar-refractivity contribution in [1.29, 1.82) is 0 Å². The molecule has 3 aliphatic heterocycles. The van der Waals surface area contributed by atoms with Crippen molar-refractivity contribution in [1.82, 2.24) is 9.80 Å². The molecular weight excluding hydrogens is 316 g/mol. The summed E-state index contributed by atoms with van der Waals surface area (Å²) in [5.41, 5.74) is 2.66. The van der Waals surface area contributed by atoms with Crippen molar-refractivity contribution < 1.29 is 14.3 Å². The minimum atomic E-state index is -0.000781. The number of amides is 1. The van der Waals surface area contributed by atoms with E-state index in [2.05, 4.69) is 36.1 Å². The second kappa shape index (κ2) is 7.06. The second-order valence-electron chi connectivity index (χ2n) is 7.90. The van der Waals surface area contributed by atoms with E-state index in [0.29, 0.717) is 25.6 Å². The van der Waals surface area contributed by atoms with Gasteiger partial charge in [0, 0.05) is 50.5 Å². The van der Waals surface area contributed by atoms with Crippen LogP contribution in [0.3, 0.4) is 0 Å². The van der Waals surface area contributed by atoms with E-state index in [-0.39, 0.29) is 11.3 Å². The number of rotatable bonds is 4. The first-order valence-corrected chi connectivity index (χ1v) is 9.36. The third-order valence-corrected chi connectivity index (χ3v) is 5.95. The Morgan fingerprint density at radius 2 is 2.12 bits per heavy atom. The first kappa shape index (κ1) is 17.0. The fourth-order valence-corrected chi connectivity index (χ4v) is 4.61. The van der Waals surface area contributed by atoms with Crippen molar-refractivity contribution in [2.24, 2.45) is 11.3 Å². The van der Waals surface area contributed by atoms with Gasteiger partial charge in [0.2, 0.25) is 5.91 Å². The van der Waals surface area contributed by atoms with E-state index in [0.717, 1.165) is 45.9 Å². The zero-order valence-electron chi connectivity index (χ0n) is 15.1. The summed E-state index contributed by atoms with van der Waals surface area (Å²) in [6.45, 7) is 9.40. The lowest BCUT2D eigenvalue weighted by molar-refractivity contribution is -0.138. The third kappa shape index (κ3) is 3.59. The largest absolute Gasteiger partial charge is 0.380 e. The number of benzene rings is 1. The SMILES string of the molecule is Cc1cccc(CN2C[C@@H]3COC[C@]3(CC(=O)N3CCOCC3)C2)c1. The van der Waals surface area contributed by atoms with E-state index in [4.69, 9.17) is 9.47 Å². The molecule has 0 radical (unpaired) electrons. The highest BCUT2D eigenvalue weighted by molar-refractivity contribution is 5.77. The predicted octanol–water partition coefficient (Wildman–Crippen LogP) is 1.69. The number of ether oxygens (including phenoxy) is 2. The van der Waals surface area contributed by atoms with Crippen molar-refractivity contribution in [2.45, 2.75) is 19.9 Å². The Morgan fingerprint density at radius 1 is 1.28 bits per heavy atom. The molecule has 3 aliphatic rings. The van der Waals surface area contributed by atoms with Crippen LogP contribution in [0.5, 0.6) is 0 Å². The molecule has 1 amide bonds. The lowest BCUT2D eigenvalue weighted by Crippen LogP contribution is -2.44. The second-order valence-corrected chi connectivity index (χ2v) is 7.90. The quantitative estimate of drug-likeness (QED) is 0.834. The monoisotopic (exact) mass is 344 g/mol. The van der Waals surface area contributed by atoms with Gasteiger partial charge in [0.25, 0.3) is 0 Å². The van der Waals surface area contributed by atoms with Gasteiger partial charge in [-0.3, -0.25) is 9.69 Å². The van der Waals surface area contributed by atoms with Gasteiger partial charge in [-0.05, 0) is 12.5 Å². The summed E-state index contributed by atoms with van der Waals surface area (Å²) < 4.78 is 11.2. The van der Waals surface area contributed by atoms with Crippen molar-refractivity contribution in [3.05, 3.63) is 35.4 Å². The maximum atomic E-state index is 12.8. The van der Waals surface area contributed by atoms with Crippen LogP contribution in [0.15, 0.2) is 24.3 Å². The number of carbonyl (C=O) groups is 1. The molecular formula is C20H28N2O3. The van der Waals surface area contributed by atoms with Gasteiger partial charge >= 0.3 is 0 Å². The van der Waals surface area contributed by atoms with Crippen molar-refractivity contribution in [3.63, 3.8) is 0 Å². The highest BCUT2D eigenvalue weighted by Gasteiger charge is 2.51. The van der Waals surface area contributed by atoms with Crippen molar-refractivity contribution in [2.75, 3.05) is 52.6 Å². The Morgan fingerprint density at radius 3 is 2.92 bits per heavy atom. The molecule has 5 heteroatoms. The fourth-order valence-electron chi connectivity index (χ4n) is 4.61. The molecule has 0 unspecified atom stereocenters. The number of fused-ring (bicyclic) bond motifs is 1. The molecule has 3 fully saturated rings. The highest BCUT2D eigenvalue weighted by atomic mass is 16.5. The van der Waals surface area contributed by atoms with E-state index in [1.54, 1.807) is 0 Å². The summed E-state index contributed by atoms with van der Waals surface area (Å²) >= 11 is 0. The molecule has 0 bridgehead atoms. The average molecular weight is 344 g/mol. The van der Waals surface area contributed by atoms with Crippen LogP contribution in [0.2, 0.25) is 0 Å². The minimum Gasteiger partial charge on any atom is -0.380 e. The Kier molecular flexibility index (Phi) is 4.80. The van der Waals surface area contributed by atoms with Gasteiger partial charge in [0.1, 0.15) is 0 Å². The Labute approximate surface area is 149 Å². The predicted molar refractivity (Wildman–Crippen MR) is 95.2 cm³/mol. The van der Waals surface area contributed by atoms with E-state index >= 15 is 0 Å². The molecule has 0 spiro atoms. The van der Waals surface area contributed by atoms with Crippen molar-refractivity contribution in [3.8, 4) is 0 Å². The third-order valence-electron chi connectivity index (χ3n) is 5.95. The van der Waals surface area contributed by atoms with Gasteiger partial charge in [0.15, 0.2) is 0 Å². The molecule has 5 nitrogen and oxygen atoms in total. The van der Waals surface area contributed by atoms with E-state index < -0.39 is 0 Å². The average Bonchev–Trinajstić information content (AvgIpc) is 3.11. The summed E-state index contributed by atoms with van der Waals surface area (Å²) in [7, 11) is 0. The molecule has 3 saturated heterocycles. The summed E-state index contributed by atoms with van der Waals surface area (Å²) in [5.74, 6) is 0.749. The van der Waals surface area contributed by atoms with Gasteiger partial charge < -0.3 is 14.4 Å². The van der Waals surface area contributed by atoms with Crippen LogP contribution >= 0.6 is 0 Å². The molecule has 4 rings (SSSR count). The lowest BCUT2D eigenvalue weighted by atomic mass is 9.77. The van der Waals surface area contributed by atoms with E-state index in [9.17, 15) is 4.79 Å². The molecule has 1 aromatic rings. The Balaban J connectivity index is 1.42. The van der Waals surface area contributed by atoms with Gasteiger partial charge in [-0.15, -0.1) is 0 Å². The zero-order valence-corrected chi connectivity index (χ0v) is 15.1. The summed E-state index contributed by atoms with van der Waals surface area (Å²) in [4.78, 5) is 17.3. The number of hydrogen-bond acceptors (Lipinski definition) is 4. The van der Waals surface area contributed by atoms with Crippen molar-refractivity contribution >= 4 is 5.91 Å². The van der Waals surface area contributed by atoms with Gasteiger partial charge in [-0.1, -0.05) is 29.8 Å². The summed E-state index contributed by atoms with van der Waals surface area (Å²) in [5, 5.41) is 0. The van der Waals surface area contributed by atoms with Crippen LogP contribution in [-0.4, -0.2) is 68.3 Å². The molecule has 3 heterocycles. The maximum Gasteiger partial charge on any atom is 0.223 e. The Hall–Kier alpha value is -1.43. The van der Waals surface area contributed by atoms with Gasteiger partial charge in [-0.2, -0.15) is 0 Å². The molecule has 0 aliphatic carbocycles. The molecule has 0 saturated carbocycles. The maximum absolute atomic E-state index is 12.8. The molecule has 2 atom stereocenters. The first-order chi connectivity index (χ1) is 12.1.